The molecule has 0 spiro atoms. The summed E-state index contributed by atoms with van der Waals surface area (Å²) in [7, 11) is 0. The number of anilines is 1. The van der Waals surface area contributed by atoms with Gasteiger partial charge in [-0.2, -0.15) is 5.10 Å². The lowest BCUT2D eigenvalue weighted by molar-refractivity contribution is -0.120. The number of hydrogen-bond donors (Lipinski definition) is 2. The van der Waals surface area contributed by atoms with Gasteiger partial charge >= 0.3 is 0 Å². The van der Waals surface area contributed by atoms with Gasteiger partial charge in [0.1, 0.15) is 0 Å². The van der Waals surface area contributed by atoms with Crippen molar-refractivity contribution in [1.82, 2.24) is 20.2 Å². The van der Waals surface area contributed by atoms with E-state index in [1.807, 2.05) is 90.4 Å². The maximum atomic E-state index is 12.7. The number of rotatable bonds is 9. The molecule has 10 heteroatoms. The minimum atomic E-state index is -0.444. The molecule has 0 bridgehead atoms. The van der Waals surface area contributed by atoms with Crippen LogP contribution in [0, 0.1) is 0 Å². The van der Waals surface area contributed by atoms with Crippen LogP contribution >= 0.6 is 39.3 Å². The van der Waals surface area contributed by atoms with Crippen molar-refractivity contribution in [2.24, 2.45) is 5.10 Å². The van der Waals surface area contributed by atoms with E-state index in [9.17, 15) is 4.79 Å². The lowest BCUT2D eigenvalue weighted by Crippen LogP contribution is -2.27. The highest BCUT2D eigenvalue weighted by atomic mass is 79.9. The number of thioether (sulfide) groups is 1. The monoisotopic (exact) mass is 568 g/mol. The number of hydrogen-bond acceptors (Lipinski definition) is 6. The van der Waals surface area contributed by atoms with Crippen LogP contribution in [0.1, 0.15) is 18.3 Å². The number of amides is 1. The second kappa shape index (κ2) is 12.0. The van der Waals surface area contributed by atoms with Crippen molar-refractivity contribution in [2.45, 2.75) is 23.9 Å². The van der Waals surface area contributed by atoms with E-state index in [0.717, 1.165) is 27.2 Å². The van der Waals surface area contributed by atoms with Crippen molar-refractivity contribution in [3.05, 3.63) is 99.7 Å². The first kappa shape index (κ1) is 25.0. The molecule has 0 saturated carbocycles. The maximum Gasteiger partial charge on any atom is 0.253 e. The van der Waals surface area contributed by atoms with Gasteiger partial charge in [0.25, 0.3) is 5.91 Å². The molecule has 1 heterocycles. The highest BCUT2D eigenvalue weighted by molar-refractivity contribution is 9.10. The molecule has 35 heavy (non-hydrogen) atoms. The number of halogens is 2. The van der Waals surface area contributed by atoms with Gasteiger partial charge in [-0.1, -0.05) is 69.6 Å². The Labute approximate surface area is 221 Å². The van der Waals surface area contributed by atoms with Gasteiger partial charge in [0.05, 0.1) is 18.0 Å². The molecule has 1 unspecified atom stereocenters. The van der Waals surface area contributed by atoms with E-state index < -0.39 is 5.25 Å². The minimum absolute atomic E-state index is 0.230. The average molecular weight is 570 g/mol. The molecule has 0 saturated heterocycles. The number of para-hydroxylation sites is 1. The van der Waals surface area contributed by atoms with E-state index in [1.165, 1.54) is 11.8 Å². The lowest BCUT2D eigenvalue weighted by Gasteiger charge is -2.13. The number of carbonyl (C=O) groups excluding carboxylic acids is 1. The minimum Gasteiger partial charge on any atom is -0.378 e. The summed E-state index contributed by atoms with van der Waals surface area (Å²) in [6.07, 6.45) is 1.61. The number of hydrazone groups is 1. The molecule has 4 aromatic rings. The summed E-state index contributed by atoms with van der Waals surface area (Å²) in [4.78, 5) is 12.7. The number of nitrogens with one attached hydrogen (secondary N) is 2. The number of nitrogens with zero attached hydrogens (tertiary/aromatic N) is 4. The molecular formula is C25H22BrClN6OS. The highest BCUT2D eigenvalue weighted by Crippen LogP contribution is 2.26. The molecule has 178 valence electrons. The molecule has 0 aliphatic heterocycles. The topological polar surface area (TPSA) is 84.2 Å². The third-order valence-corrected chi connectivity index (χ3v) is 6.74. The maximum absolute atomic E-state index is 12.7. The van der Waals surface area contributed by atoms with E-state index in [4.69, 9.17) is 11.6 Å². The summed E-state index contributed by atoms with van der Waals surface area (Å²) in [5, 5.41) is 17.0. The summed E-state index contributed by atoms with van der Waals surface area (Å²) < 4.78 is 2.93. The van der Waals surface area contributed by atoms with Gasteiger partial charge in [-0.05, 0) is 61.0 Å². The van der Waals surface area contributed by atoms with E-state index in [0.29, 0.717) is 16.7 Å². The normalized spacial score (nSPS) is 12.0. The number of carbonyl (C=O) groups is 1. The Hall–Kier alpha value is -3.14. The first-order valence-corrected chi connectivity index (χ1v) is 12.8. The van der Waals surface area contributed by atoms with Crippen molar-refractivity contribution < 1.29 is 4.79 Å². The highest BCUT2D eigenvalue weighted by Gasteiger charge is 2.21. The molecule has 1 aromatic heterocycles. The molecule has 4 rings (SSSR count). The van der Waals surface area contributed by atoms with Crippen LogP contribution in [0.5, 0.6) is 0 Å². The molecule has 0 fully saturated rings. The van der Waals surface area contributed by atoms with Gasteiger partial charge in [-0.25, -0.2) is 5.43 Å². The van der Waals surface area contributed by atoms with Gasteiger partial charge in [-0.3, -0.25) is 9.36 Å². The van der Waals surface area contributed by atoms with Gasteiger partial charge < -0.3 is 5.32 Å². The molecule has 0 radical (unpaired) electrons. The van der Waals surface area contributed by atoms with Crippen molar-refractivity contribution in [1.29, 1.82) is 0 Å². The Morgan fingerprint density at radius 1 is 1.09 bits per heavy atom. The molecule has 3 aromatic carbocycles. The number of aromatic nitrogens is 3. The lowest BCUT2D eigenvalue weighted by atomic mass is 10.2. The zero-order chi connectivity index (χ0) is 24.6. The Balaban J connectivity index is 1.46. The molecule has 7 nitrogen and oxygen atoms in total. The largest absolute Gasteiger partial charge is 0.378 e. The Bertz CT molecular complexity index is 1300. The summed E-state index contributed by atoms with van der Waals surface area (Å²) in [6.45, 7) is 2.26. The van der Waals surface area contributed by atoms with E-state index in [1.54, 1.807) is 6.21 Å². The van der Waals surface area contributed by atoms with Crippen molar-refractivity contribution in [3.8, 4) is 5.69 Å². The zero-order valence-electron chi connectivity index (χ0n) is 18.7. The van der Waals surface area contributed by atoms with Crippen LogP contribution in [0.15, 0.2) is 93.6 Å². The van der Waals surface area contributed by atoms with Gasteiger partial charge in [0, 0.05) is 20.9 Å². The first-order chi connectivity index (χ1) is 17.0. The third kappa shape index (κ3) is 6.94. The van der Waals surface area contributed by atoms with Crippen LogP contribution in [0.3, 0.4) is 0 Å². The molecule has 1 atom stereocenters. The fraction of sp³-hybridized carbons (Fsp3) is 0.120. The summed E-state index contributed by atoms with van der Waals surface area (Å²) in [5.74, 6) is 0.487. The SMILES string of the molecule is CC(Sc1nnc(CNc2ccc(Cl)cc2)n1-c1ccccc1)C(=O)NN=Cc1ccc(Br)cc1. The fourth-order valence-electron chi connectivity index (χ4n) is 3.10. The third-order valence-electron chi connectivity index (χ3n) is 4.92. The van der Waals surface area contributed by atoms with Gasteiger partial charge in [-0.15, -0.1) is 10.2 Å². The Morgan fingerprint density at radius 3 is 2.51 bits per heavy atom. The predicted molar refractivity (Wildman–Crippen MR) is 145 cm³/mol. The molecule has 2 N–H and O–H groups in total. The van der Waals surface area contributed by atoms with Crippen LogP contribution in [0.25, 0.3) is 5.69 Å². The summed E-state index contributed by atoms with van der Waals surface area (Å²) >= 11 is 10.7. The summed E-state index contributed by atoms with van der Waals surface area (Å²) in [5.41, 5.74) is 5.32. The Kier molecular flexibility index (Phi) is 8.57. The van der Waals surface area contributed by atoms with E-state index >= 15 is 0 Å². The molecular weight excluding hydrogens is 548 g/mol. The van der Waals surface area contributed by atoms with Crippen LogP contribution in [0.4, 0.5) is 5.69 Å². The van der Waals surface area contributed by atoms with Crippen LogP contribution in [-0.2, 0) is 11.3 Å². The van der Waals surface area contributed by atoms with Gasteiger partial charge in [0.15, 0.2) is 11.0 Å². The van der Waals surface area contributed by atoms with Crippen LogP contribution in [-0.4, -0.2) is 32.1 Å². The van der Waals surface area contributed by atoms with Crippen LogP contribution < -0.4 is 10.7 Å². The van der Waals surface area contributed by atoms with E-state index in [-0.39, 0.29) is 5.91 Å². The average Bonchev–Trinajstić information content (AvgIpc) is 3.27. The second-order valence-electron chi connectivity index (χ2n) is 7.48. The molecule has 1 amide bonds. The number of benzene rings is 3. The molecule has 0 aliphatic rings. The smallest absolute Gasteiger partial charge is 0.253 e. The predicted octanol–water partition coefficient (Wildman–Crippen LogP) is 5.93. The van der Waals surface area contributed by atoms with Gasteiger partial charge in [0.2, 0.25) is 0 Å². The zero-order valence-corrected chi connectivity index (χ0v) is 21.9. The second-order valence-corrected chi connectivity index (χ2v) is 10.1. The standard InChI is InChI=1S/C25H22BrClN6OS/c1-17(24(34)31-29-15-18-7-9-19(26)10-8-18)35-25-32-30-23(33(25)22-5-3-2-4-6-22)16-28-21-13-11-20(27)12-14-21/h2-15,17,28H,16H2,1H3,(H,31,34). The Morgan fingerprint density at radius 2 is 1.80 bits per heavy atom. The van der Waals surface area contributed by atoms with Crippen molar-refractivity contribution >= 4 is 57.1 Å². The quantitative estimate of drug-likeness (QED) is 0.148. The van der Waals surface area contributed by atoms with Crippen LogP contribution in [0.2, 0.25) is 5.02 Å². The fourth-order valence-corrected chi connectivity index (χ4v) is 4.37. The summed E-state index contributed by atoms with van der Waals surface area (Å²) in [6, 6.07) is 24.9. The van der Waals surface area contributed by atoms with E-state index in [2.05, 4.69) is 42.0 Å². The first-order valence-electron chi connectivity index (χ1n) is 10.7. The molecule has 0 aliphatic carbocycles. The van der Waals surface area contributed by atoms with Crippen molar-refractivity contribution in [3.63, 3.8) is 0 Å². The van der Waals surface area contributed by atoms with Crippen molar-refractivity contribution in [2.75, 3.05) is 5.32 Å².